The van der Waals surface area contributed by atoms with Crippen molar-refractivity contribution in [3.05, 3.63) is 17.7 Å². The SMILES string of the molecule is CCOC(=O)[C@@H]1CCCN(C(=S)NC(=O)c2cc(OCC)c(OCC)c(OCC)c2)C1. The normalized spacial score (nSPS) is 15.7. The van der Waals surface area contributed by atoms with Gasteiger partial charge in [-0.15, -0.1) is 0 Å². The molecule has 31 heavy (non-hydrogen) atoms. The Balaban J connectivity index is 2.16. The molecule has 1 atom stereocenters. The predicted octanol–water partition coefficient (Wildman–Crippen LogP) is 3.17. The van der Waals surface area contributed by atoms with Crippen molar-refractivity contribution < 1.29 is 28.5 Å². The van der Waals surface area contributed by atoms with E-state index in [2.05, 4.69) is 5.32 Å². The number of carbonyl (C=O) groups excluding carboxylic acids is 2. The standard InChI is InChI=1S/C22H32N2O6S/c1-5-27-17-12-16(13-18(28-6-2)19(17)29-7-3)20(25)23-22(31)24-11-9-10-15(14-24)21(26)30-8-4/h12-13,15H,5-11,14H2,1-4H3,(H,23,25,31)/t15-/m1/s1. The topological polar surface area (TPSA) is 86.3 Å². The molecule has 0 radical (unpaired) electrons. The fraction of sp³-hybridized carbons (Fsp3) is 0.591. The quantitative estimate of drug-likeness (QED) is 0.452. The molecule has 0 unspecified atom stereocenters. The van der Waals surface area contributed by atoms with E-state index in [9.17, 15) is 9.59 Å². The van der Waals surface area contributed by atoms with E-state index >= 15 is 0 Å². The first-order valence-corrected chi connectivity index (χ1v) is 11.2. The molecular weight excluding hydrogens is 420 g/mol. The first-order valence-electron chi connectivity index (χ1n) is 10.8. The second-order valence-electron chi connectivity index (χ2n) is 6.90. The molecular formula is C22H32N2O6S. The van der Waals surface area contributed by atoms with Crippen LogP contribution in [0.5, 0.6) is 17.2 Å². The average molecular weight is 453 g/mol. The molecule has 1 aliphatic rings. The van der Waals surface area contributed by atoms with E-state index in [-0.39, 0.29) is 22.9 Å². The van der Waals surface area contributed by atoms with Gasteiger partial charge in [-0.05, 0) is 64.9 Å². The summed E-state index contributed by atoms with van der Waals surface area (Å²) < 4.78 is 22.2. The van der Waals surface area contributed by atoms with E-state index in [4.69, 9.17) is 31.2 Å². The number of hydrogen-bond donors (Lipinski definition) is 1. The van der Waals surface area contributed by atoms with Crippen molar-refractivity contribution in [2.24, 2.45) is 5.92 Å². The van der Waals surface area contributed by atoms with E-state index in [1.807, 2.05) is 25.7 Å². The van der Waals surface area contributed by atoms with Crippen molar-refractivity contribution in [2.75, 3.05) is 39.5 Å². The molecule has 1 aromatic rings. The Morgan fingerprint density at radius 2 is 1.65 bits per heavy atom. The van der Waals surface area contributed by atoms with Crippen LogP contribution in [0.15, 0.2) is 12.1 Å². The van der Waals surface area contributed by atoms with Gasteiger partial charge in [-0.25, -0.2) is 0 Å². The van der Waals surface area contributed by atoms with E-state index in [1.165, 1.54) is 0 Å². The zero-order valence-electron chi connectivity index (χ0n) is 18.7. The van der Waals surface area contributed by atoms with Crippen LogP contribution in [0.1, 0.15) is 50.9 Å². The van der Waals surface area contributed by atoms with Crippen LogP contribution < -0.4 is 19.5 Å². The van der Waals surface area contributed by atoms with Crippen LogP contribution in [0.4, 0.5) is 0 Å². The number of hydrogen-bond acceptors (Lipinski definition) is 7. The maximum atomic E-state index is 12.9. The van der Waals surface area contributed by atoms with Crippen LogP contribution in [-0.2, 0) is 9.53 Å². The predicted molar refractivity (Wildman–Crippen MR) is 121 cm³/mol. The van der Waals surface area contributed by atoms with Crippen LogP contribution in [0.3, 0.4) is 0 Å². The third-order valence-corrected chi connectivity index (χ3v) is 5.08. The fourth-order valence-corrected chi connectivity index (χ4v) is 3.64. The average Bonchev–Trinajstić information content (AvgIpc) is 2.76. The third-order valence-electron chi connectivity index (χ3n) is 4.72. The summed E-state index contributed by atoms with van der Waals surface area (Å²) in [6.07, 6.45) is 1.55. The number of benzene rings is 1. The van der Waals surface area contributed by atoms with E-state index in [0.717, 1.165) is 12.8 Å². The highest BCUT2D eigenvalue weighted by molar-refractivity contribution is 7.80. The Kier molecular flexibility index (Phi) is 9.84. The van der Waals surface area contributed by atoms with Crippen molar-refractivity contribution in [3.63, 3.8) is 0 Å². The maximum Gasteiger partial charge on any atom is 0.310 e. The molecule has 1 saturated heterocycles. The summed E-state index contributed by atoms with van der Waals surface area (Å²) in [4.78, 5) is 26.8. The molecule has 2 rings (SSSR count). The van der Waals surface area contributed by atoms with Gasteiger partial charge in [-0.1, -0.05) is 0 Å². The molecule has 0 saturated carbocycles. The maximum absolute atomic E-state index is 12.9. The summed E-state index contributed by atoms with van der Waals surface area (Å²) in [5.74, 6) is 0.490. The summed E-state index contributed by atoms with van der Waals surface area (Å²) in [6.45, 7) is 10.1. The van der Waals surface area contributed by atoms with Crippen molar-refractivity contribution in [1.29, 1.82) is 0 Å². The number of ether oxygens (including phenoxy) is 4. The first kappa shape index (κ1) is 24.7. The van der Waals surface area contributed by atoms with Gasteiger partial charge in [-0.3, -0.25) is 14.9 Å². The minimum Gasteiger partial charge on any atom is -0.490 e. The molecule has 1 amide bonds. The van der Waals surface area contributed by atoms with Gasteiger partial charge < -0.3 is 23.8 Å². The minimum atomic E-state index is -0.381. The molecule has 172 valence electrons. The summed E-state index contributed by atoms with van der Waals surface area (Å²) in [7, 11) is 0. The van der Waals surface area contributed by atoms with Crippen molar-refractivity contribution >= 4 is 29.2 Å². The van der Waals surface area contributed by atoms with Crippen molar-refractivity contribution in [3.8, 4) is 17.2 Å². The number of nitrogens with zero attached hydrogens (tertiary/aromatic N) is 1. The molecule has 1 heterocycles. The lowest BCUT2D eigenvalue weighted by Gasteiger charge is -2.33. The molecule has 0 aromatic heterocycles. The van der Waals surface area contributed by atoms with Gasteiger partial charge in [0.2, 0.25) is 5.75 Å². The highest BCUT2D eigenvalue weighted by Crippen LogP contribution is 2.39. The fourth-order valence-electron chi connectivity index (χ4n) is 3.38. The second-order valence-corrected chi connectivity index (χ2v) is 7.28. The van der Waals surface area contributed by atoms with Crippen molar-refractivity contribution in [1.82, 2.24) is 10.2 Å². The first-order chi connectivity index (χ1) is 14.9. The molecule has 1 aromatic carbocycles. The van der Waals surface area contributed by atoms with Gasteiger partial charge in [0.05, 0.1) is 32.3 Å². The summed E-state index contributed by atoms with van der Waals surface area (Å²) in [5.41, 5.74) is 0.344. The Labute approximate surface area is 189 Å². The number of esters is 1. The smallest absolute Gasteiger partial charge is 0.310 e. The van der Waals surface area contributed by atoms with Crippen LogP contribution in [0.25, 0.3) is 0 Å². The van der Waals surface area contributed by atoms with Gasteiger partial charge in [0.1, 0.15) is 0 Å². The number of piperidine rings is 1. The number of likely N-dealkylation sites (tertiary alicyclic amines) is 1. The highest BCUT2D eigenvalue weighted by atomic mass is 32.1. The number of rotatable bonds is 9. The largest absolute Gasteiger partial charge is 0.490 e. The lowest BCUT2D eigenvalue weighted by molar-refractivity contribution is -0.149. The van der Waals surface area contributed by atoms with Gasteiger partial charge in [0.25, 0.3) is 5.91 Å². The monoisotopic (exact) mass is 452 g/mol. The van der Waals surface area contributed by atoms with Gasteiger partial charge in [0, 0.05) is 18.7 Å². The molecule has 9 heteroatoms. The Morgan fingerprint density at radius 3 is 2.19 bits per heavy atom. The zero-order chi connectivity index (χ0) is 22.8. The highest BCUT2D eigenvalue weighted by Gasteiger charge is 2.29. The van der Waals surface area contributed by atoms with Crippen molar-refractivity contribution in [2.45, 2.75) is 40.5 Å². The lowest BCUT2D eigenvalue weighted by atomic mass is 9.98. The molecule has 1 aliphatic heterocycles. The summed E-state index contributed by atoms with van der Waals surface area (Å²) >= 11 is 5.44. The Bertz CT molecular complexity index is 758. The van der Waals surface area contributed by atoms with Gasteiger partial charge in [0.15, 0.2) is 16.6 Å². The van der Waals surface area contributed by atoms with E-state index < -0.39 is 0 Å². The van der Waals surface area contributed by atoms with Gasteiger partial charge >= 0.3 is 5.97 Å². The van der Waals surface area contributed by atoms with Crippen LogP contribution in [-0.4, -0.2) is 61.4 Å². The number of carbonyl (C=O) groups is 2. The Morgan fingerprint density at radius 1 is 1.03 bits per heavy atom. The molecule has 1 N–H and O–H groups in total. The Hall–Kier alpha value is -2.55. The minimum absolute atomic E-state index is 0.226. The van der Waals surface area contributed by atoms with Crippen LogP contribution in [0.2, 0.25) is 0 Å². The molecule has 1 fully saturated rings. The van der Waals surface area contributed by atoms with E-state index in [1.54, 1.807) is 19.1 Å². The zero-order valence-corrected chi connectivity index (χ0v) is 19.5. The summed E-state index contributed by atoms with van der Waals surface area (Å²) in [5, 5.41) is 3.04. The molecule has 0 aliphatic carbocycles. The second kappa shape index (κ2) is 12.3. The summed E-state index contributed by atoms with van der Waals surface area (Å²) in [6, 6.07) is 3.24. The molecule has 0 bridgehead atoms. The third kappa shape index (κ3) is 6.72. The molecule has 8 nitrogen and oxygen atoms in total. The van der Waals surface area contributed by atoms with Crippen LogP contribution >= 0.6 is 12.2 Å². The van der Waals surface area contributed by atoms with E-state index in [0.29, 0.717) is 62.3 Å². The number of nitrogens with one attached hydrogen (secondary N) is 1. The number of amides is 1. The number of thiocarbonyl (C=S) groups is 1. The molecule has 0 spiro atoms. The lowest BCUT2D eigenvalue weighted by Crippen LogP contribution is -2.48. The van der Waals surface area contributed by atoms with Crippen LogP contribution in [0, 0.1) is 5.92 Å². The van der Waals surface area contributed by atoms with Gasteiger partial charge in [-0.2, -0.15) is 0 Å².